The van der Waals surface area contributed by atoms with Gasteiger partial charge in [0.1, 0.15) is 6.61 Å². The lowest BCUT2D eigenvalue weighted by Gasteiger charge is -2.23. The second-order valence-corrected chi connectivity index (χ2v) is 6.33. The average Bonchev–Trinajstić information content (AvgIpc) is 2.54. The van der Waals surface area contributed by atoms with E-state index in [2.05, 4.69) is 20.2 Å². The van der Waals surface area contributed by atoms with Gasteiger partial charge in [0.25, 0.3) is 0 Å². The lowest BCUT2D eigenvalue weighted by molar-refractivity contribution is 0.253. The van der Waals surface area contributed by atoms with Crippen molar-refractivity contribution in [3.05, 3.63) is 23.9 Å². The van der Waals surface area contributed by atoms with Gasteiger partial charge in [0.15, 0.2) is 5.96 Å². The summed E-state index contributed by atoms with van der Waals surface area (Å²) in [6.07, 6.45) is 8.03. The van der Waals surface area contributed by atoms with Crippen molar-refractivity contribution in [3.63, 3.8) is 0 Å². The molecule has 6 nitrogen and oxygen atoms in total. The van der Waals surface area contributed by atoms with Crippen LogP contribution in [0.3, 0.4) is 0 Å². The molecule has 1 aromatic heterocycles. The number of pyridine rings is 1. The van der Waals surface area contributed by atoms with Crippen molar-refractivity contribution in [3.8, 4) is 5.88 Å². The molecule has 3 N–H and O–H groups in total. The smallest absolute Gasteiger partial charge is 0.213 e. The Morgan fingerprint density at radius 1 is 1.39 bits per heavy atom. The summed E-state index contributed by atoms with van der Waals surface area (Å²) in [6, 6.07) is 4.35. The number of likely N-dealkylation sites (N-methyl/N-ethyl adjacent to an activating group) is 1. The van der Waals surface area contributed by atoms with Crippen LogP contribution < -0.4 is 15.8 Å². The molecule has 2 rings (SSSR count). The highest BCUT2D eigenvalue weighted by Crippen LogP contribution is 2.17. The third-order valence-corrected chi connectivity index (χ3v) is 3.98. The van der Waals surface area contributed by atoms with Crippen LogP contribution in [0.1, 0.15) is 37.7 Å². The van der Waals surface area contributed by atoms with Crippen molar-refractivity contribution in [1.82, 2.24) is 15.2 Å². The first-order chi connectivity index (χ1) is 11.1. The lowest BCUT2D eigenvalue weighted by Crippen LogP contribution is -2.41. The molecule has 1 saturated carbocycles. The highest BCUT2D eigenvalue weighted by atomic mass is 16.5. The predicted molar refractivity (Wildman–Crippen MR) is 93.6 cm³/mol. The highest BCUT2D eigenvalue weighted by molar-refractivity contribution is 5.78. The molecule has 0 saturated heterocycles. The third-order valence-electron chi connectivity index (χ3n) is 3.98. The van der Waals surface area contributed by atoms with Gasteiger partial charge in [-0.05, 0) is 38.6 Å². The van der Waals surface area contributed by atoms with Crippen molar-refractivity contribution in [2.45, 2.75) is 44.7 Å². The summed E-state index contributed by atoms with van der Waals surface area (Å²) < 4.78 is 5.64. The Balaban J connectivity index is 1.80. The van der Waals surface area contributed by atoms with Gasteiger partial charge in [-0.3, -0.25) is 0 Å². The molecular formula is C17H29N5O. The topological polar surface area (TPSA) is 75.8 Å². The van der Waals surface area contributed by atoms with Gasteiger partial charge in [-0.15, -0.1) is 0 Å². The minimum atomic E-state index is 0.481. The molecule has 1 aromatic rings. The van der Waals surface area contributed by atoms with E-state index >= 15 is 0 Å². The maximum absolute atomic E-state index is 5.99. The van der Waals surface area contributed by atoms with Crippen LogP contribution in [-0.2, 0) is 6.54 Å². The largest absolute Gasteiger partial charge is 0.476 e. The molecule has 128 valence electrons. The molecule has 0 amide bonds. The highest BCUT2D eigenvalue weighted by Gasteiger charge is 2.13. The fraction of sp³-hybridized carbons (Fsp3) is 0.647. The predicted octanol–water partition coefficient (Wildman–Crippen LogP) is 1.76. The van der Waals surface area contributed by atoms with E-state index in [-0.39, 0.29) is 0 Å². The summed E-state index contributed by atoms with van der Waals surface area (Å²) in [5.41, 5.74) is 7.04. The van der Waals surface area contributed by atoms with Gasteiger partial charge in [-0.25, -0.2) is 9.98 Å². The van der Waals surface area contributed by atoms with E-state index in [1.165, 1.54) is 32.1 Å². The Morgan fingerprint density at radius 2 is 2.17 bits per heavy atom. The molecule has 0 unspecified atom stereocenters. The van der Waals surface area contributed by atoms with Crippen molar-refractivity contribution in [2.75, 3.05) is 27.2 Å². The molecule has 0 aromatic carbocycles. The number of nitrogens with two attached hydrogens (primary N) is 1. The van der Waals surface area contributed by atoms with E-state index in [1.807, 2.05) is 26.2 Å². The first-order valence-corrected chi connectivity index (χ1v) is 8.42. The minimum Gasteiger partial charge on any atom is -0.476 e. The lowest BCUT2D eigenvalue weighted by atomic mass is 9.96. The van der Waals surface area contributed by atoms with Gasteiger partial charge < -0.3 is 20.7 Å². The molecule has 0 radical (unpaired) electrons. The van der Waals surface area contributed by atoms with E-state index in [4.69, 9.17) is 10.5 Å². The number of nitrogens with zero attached hydrogens (tertiary/aromatic N) is 3. The van der Waals surface area contributed by atoms with Crippen molar-refractivity contribution in [1.29, 1.82) is 0 Å². The van der Waals surface area contributed by atoms with Crippen LogP contribution in [0.2, 0.25) is 0 Å². The van der Waals surface area contributed by atoms with E-state index in [0.29, 0.717) is 31.0 Å². The zero-order valence-electron chi connectivity index (χ0n) is 14.3. The summed E-state index contributed by atoms with van der Waals surface area (Å²) in [7, 11) is 4.04. The van der Waals surface area contributed by atoms with Crippen LogP contribution in [0.15, 0.2) is 23.3 Å². The molecule has 1 aliphatic carbocycles. The number of aliphatic imine (C=N–C) groups is 1. The summed E-state index contributed by atoms with van der Waals surface area (Å²) >= 11 is 0. The zero-order chi connectivity index (χ0) is 16.5. The van der Waals surface area contributed by atoms with Gasteiger partial charge in [0, 0.05) is 24.8 Å². The summed E-state index contributed by atoms with van der Waals surface area (Å²) in [5.74, 6) is 1.17. The fourth-order valence-corrected chi connectivity index (χ4v) is 2.64. The summed E-state index contributed by atoms with van der Waals surface area (Å²) in [5, 5.41) is 3.33. The molecule has 0 atom stereocenters. The average molecular weight is 319 g/mol. The quantitative estimate of drug-likeness (QED) is 0.591. The first-order valence-electron chi connectivity index (χ1n) is 8.42. The van der Waals surface area contributed by atoms with Crippen LogP contribution in [0, 0.1) is 0 Å². The van der Waals surface area contributed by atoms with Crippen LogP contribution in [-0.4, -0.2) is 49.1 Å². The second kappa shape index (κ2) is 9.35. The molecular weight excluding hydrogens is 290 g/mol. The summed E-state index contributed by atoms with van der Waals surface area (Å²) in [4.78, 5) is 10.7. The Bertz CT molecular complexity index is 498. The normalized spacial score (nSPS) is 16.6. The Labute approximate surface area is 139 Å². The van der Waals surface area contributed by atoms with Crippen LogP contribution in [0.25, 0.3) is 0 Å². The Morgan fingerprint density at radius 3 is 2.91 bits per heavy atom. The number of guanidine groups is 1. The van der Waals surface area contributed by atoms with Crippen molar-refractivity contribution < 1.29 is 4.74 Å². The van der Waals surface area contributed by atoms with Gasteiger partial charge in [0.05, 0.1) is 6.54 Å². The molecule has 1 fully saturated rings. The Kier molecular flexibility index (Phi) is 7.13. The fourth-order valence-electron chi connectivity index (χ4n) is 2.64. The van der Waals surface area contributed by atoms with Gasteiger partial charge in [0.2, 0.25) is 5.88 Å². The molecule has 1 heterocycles. The number of rotatable bonds is 7. The van der Waals surface area contributed by atoms with Gasteiger partial charge >= 0.3 is 0 Å². The van der Waals surface area contributed by atoms with E-state index < -0.39 is 0 Å². The number of hydrogen-bond donors (Lipinski definition) is 2. The molecule has 0 aliphatic heterocycles. The second-order valence-electron chi connectivity index (χ2n) is 6.33. The maximum atomic E-state index is 5.99. The number of hydrogen-bond acceptors (Lipinski definition) is 4. The minimum absolute atomic E-state index is 0.481. The summed E-state index contributed by atoms with van der Waals surface area (Å²) in [6.45, 7) is 2.03. The monoisotopic (exact) mass is 319 g/mol. The SMILES string of the molecule is CN(C)CCOc1cc(CN=C(N)NC2CCCCC2)ccn1. The van der Waals surface area contributed by atoms with Crippen molar-refractivity contribution in [2.24, 2.45) is 10.7 Å². The molecule has 23 heavy (non-hydrogen) atoms. The van der Waals surface area contributed by atoms with E-state index in [9.17, 15) is 0 Å². The van der Waals surface area contributed by atoms with E-state index in [0.717, 1.165) is 12.1 Å². The van der Waals surface area contributed by atoms with Crippen LogP contribution >= 0.6 is 0 Å². The molecule has 1 aliphatic rings. The van der Waals surface area contributed by atoms with E-state index in [1.54, 1.807) is 6.20 Å². The van der Waals surface area contributed by atoms with Crippen LogP contribution in [0.4, 0.5) is 0 Å². The molecule has 6 heteroatoms. The maximum Gasteiger partial charge on any atom is 0.213 e. The number of ether oxygens (including phenoxy) is 1. The van der Waals surface area contributed by atoms with Gasteiger partial charge in [-0.2, -0.15) is 0 Å². The molecule has 0 bridgehead atoms. The zero-order valence-corrected chi connectivity index (χ0v) is 14.3. The third kappa shape index (κ3) is 6.86. The van der Waals surface area contributed by atoms with Gasteiger partial charge in [-0.1, -0.05) is 19.3 Å². The number of aromatic nitrogens is 1. The van der Waals surface area contributed by atoms with Crippen molar-refractivity contribution >= 4 is 5.96 Å². The first kappa shape index (κ1) is 17.5. The Hall–Kier alpha value is -1.82. The van der Waals surface area contributed by atoms with Crippen LogP contribution in [0.5, 0.6) is 5.88 Å². The standard InChI is InChI=1S/C17H29N5O/c1-22(2)10-11-23-16-12-14(8-9-19-16)13-20-17(18)21-15-6-4-3-5-7-15/h8-9,12,15H,3-7,10-11,13H2,1-2H3,(H3,18,20,21). The molecule has 0 spiro atoms. The number of nitrogens with one attached hydrogen (secondary N) is 1.